The Balaban J connectivity index is 2.59. The topological polar surface area (TPSA) is 35.6 Å². The molecular formula is C14H29N3O. The first-order chi connectivity index (χ1) is 8.41. The average molecular weight is 255 g/mol. The molecule has 2 atom stereocenters. The maximum Gasteiger partial charge on any atom is 0.227 e. The standard InChI is InChI=1S/C14H29N3O/c1-11(2)10-17(7-6-16(4)5)14(18)13-9-15-8-12(13)3/h11-13,15H,6-10H2,1-5H3. The second-order valence-electron chi connectivity index (χ2n) is 6.22. The molecule has 2 unspecified atom stereocenters. The Kier molecular flexibility index (Phi) is 6.09. The highest BCUT2D eigenvalue weighted by molar-refractivity contribution is 5.79. The molecule has 0 aromatic carbocycles. The first-order valence-electron chi connectivity index (χ1n) is 7.06. The van der Waals surface area contributed by atoms with Gasteiger partial charge >= 0.3 is 0 Å². The smallest absolute Gasteiger partial charge is 0.227 e. The van der Waals surface area contributed by atoms with Crippen LogP contribution in [-0.4, -0.2) is 62.5 Å². The number of carbonyl (C=O) groups excluding carboxylic acids is 1. The van der Waals surface area contributed by atoms with Crippen LogP contribution >= 0.6 is 0 Å². The number of rotatable bonds is 6. The summed E-state index contributed by atoms with van der Waals surface area (Å²) < 4.78 is 0. The monoisotopic (exact) mass is 255 g/mol. The summed E-state index contributed by atoms with van der Waals surface area (Å²) in [5, 5.41) is 3.32. The highest BCUT2D eigenvalue weighted by atomic mass is 16.2. The van der Waals surface area contributed by atoms with E-state index in [0.29, 0.717) is 17.7 Å². The molecule has 4 nitrogen and oxygen atoms in total. The minimum atomic E-state index is 0.172. The van der Waals surface area contributed by atoms with Gasteiger partial charge in [-0.1, -0.05) is 20.8 Å². The molecule has 18 heavy (non-hydrogen) atoms. The Hall–Kier alpha value is -0.610. The van der Waals surface area contributed by atoms with E-state index in [4.69, 9.17) is 0 Å². The Morgan fingerprint density at radius 3 is 2.39 bits per heavy atom. The molecule has 0 saturated carbocycles. The summed E-state index contributed by atoms with van der Waals surface area (Å²) in [4.78, 5) is 16.8. The molecule has 1 N–H and O–H groups in total. The Bertz CT molecular complexity index is 266. The molecule has 0 aliphatic carbocycles. The summed E-state index contributed by atoms with van der Waals surface area (Å²) in [5.41, 5.74) is 0. The van der Waals surface area contributed by atoms with Crippen LogP contribution in [0.15, 0.2) is 0 Å². The van der Waals surface area contributed by atoms with Crippen LogP contribution in [-0.2, 0) is 4.79 Å². The van der Waals surface area contributed by atoms with Crippen molar-refractivity contribution in [1.82, 2.24) is 15.1 Å². The van der Waals surface area contributed by atoms with Crippen molar-refractivity contribution >= 4 is 5.91 Å². The van der Waals surface area contributed by atoms with Gasteiger partial charge in [-0.25, -0.2) is 0 Å². The van der Waals surface area contributed by atoms with Gasteiger partial charge < -0.3 is 15.1 Å². The zero-order valence-corrected chi connectivity index (χ0v) is 12.6. The van der Waals surface area contributed by atoms with Crippen molar-refractivity contribution < 1.29 is 4.79 Å². The van der Waals surface area contributed by atoms with Gasteiger partial charge in [-0.3, -0.25) is 4.79 Å². The SMILES string of the molecule is CC(C)CN(CCN(C)C)C(=O)C1CNCC1C. The van der Waals surface area contributed by atoms with Gasteiger partial charge in [0.2, 0.25) is 5.91 Å². The molecule has 1 amide bonds. The quantitative estimate of drug-likeness (QED) is 0.765. The number of carbonyl (C=O) groups is 1. The van der Waals surface area contributed by atoms with E-state index in [-0.39, 0.29) is 5.92 Å². The molecule has 0 radical (unpaired) electrons. The maximum atomic E-state index is 12.6. The van der Waals surface area contributed by atoms with Gasteiger partial charge in [0, 0.05) is 26.2 Å². The number of hydrogen-bond donors (Lipinski definition) is 1. The Labute approximate surface area is 112 Å². The fourth-order valence-electron chi connectivity index (χ4n) is 2.43. The Morgan fingerprint density at radius 1 is 1.28 bits per heavy atom. The first kappa shape index (κ1) is 15.4. The van der Waals surface area contributed by atoms with Gasteiger partial charge in [-0.15, -0.1) is 0 Å². The molecule has 1 aliphatic heterocycles. The lowest BCUT2D eigenvalue weighted by molar-refractivity contribution is -0.136. The molecule has 106 valence electrons. The van der Waals surface area contributed by atoms with Crippen molar-refractivity contribution in [2.75, 3.05) is 46.8 Å². The molecule has 4 heteroatoms. The van der Waals surface area contributed by atoms with Crippen molar-refractivity contribution in [2.45, 2.75) is 20.8 Å². The molecule has 1 fully saturated rings. The zero-order chi connectivity index (χ0) is 13.7. The first-order valence-corrected chi connectivity index (χ1v) is 7.06. The molecule has 0 bridgehead atoms. The lowest BCUT2D eigenvalue weighted by Gasteiger charge is -2.29. The van der Waals surface area contributed by atoms with E-state index in [1.165, 1.54) is 0 Å². The van der Waals surface area contributed by atoms with E-state index in [2.05, 4.69) is 50.0 Å². The molecule has 1 rings (SSSR count). The molecule has 0 aromatic rings. The van der Waals surface area contributed by atoms with E-state index in [0.717, 1.165) is 32.7 Å². The normalized spacial score (nSPS) is 23.9. The third-order valence-electron chi connectivity index (χ3n) is 3.55. The van der Waals surface area contributed by atoms with Crippen LogP contribution in [0.2, 0.25) is 0 Å². The fourth-order valence-corrected chi connectivity index (χ4v) is 2.43. The van der Waals surface area contributed by atoms with E-state index in [1.54, 1.807) is 0 Å². The molecule has 1 heterocycles. The van der Waals surface area contributed by atoms with Gasteiger partial charge in [0.05, 0.1) is 5.92 Å². The van der Waals surface area contributed by atoms with Crippen molar-refractivity contribution in [3.8, 4) is 0 Å². The van der Waals surface area contributed by atoms with Gasteiger partial charge in [0.15, 0.2) is 0 Å². The highest BCUT2D eigenvalue weighted by Gasteiger charge is 2.32. The number of likely N-dealkylation sites (N-methyl/N-ethyl adjacent to an activating group) is 1. The molecule has 1 saturated heterocycles. The number of hydrogen-bond acceptors (Lipinski definition) is 3. The van der Waals surface area contributed by atoms with Crippen LogP contribution in [0.25, 0.3) is 0 Å². The van der Waals surface area contributed by atoms with Crippen LogP contribution in [0, 0.1) is 17.8 Å². The molecule has 1 aliphatic rings. The van der Waals surface area contributed by atoms with Gasteiger partial charge in [-0.05, 0) is 32.5 Å². The van der Waals surface area contributed by atoms with E-state index >= 15 is 0 Å². The van der Waals surface area contributed by atoms with Crippen LogP contribution in [0.4, 0.5) is 0 Å². The number of amides is 1. The van der Waals surface area contributed by atoms with Gasteiger partial charge in [0.25, 0.3) is 0 Å². The molecule has 0 spiro atoms. The van der Waals surface area contributed by atoms with E-state index < -0.39 is 0 Å². The van der Waals surface area contributed by atoms with E-state index in [1.807, 2.05) is 0 Å². The van der Waals surface area contributed by atoms with E-state index in [9.17, 15) is 4.79 Å². The summed E-state index contributed by atoms with van der Waals surface area (Å²) in [6.07, 6.45) is 0. The predicted octanol–water partition coefficient (Wildman–Crippen LogP) is 0.888. The molecular weight excluding hydrogens is 226 g/mol. The minimum absolute atomic E-state index is 0.172. The van der Waals surface area contributed by atoms with Crippen LogP contribution in [0.5, 0.6) is 0 Å². The molecule has 0 aromatic heterocycles. The lowest BCUT2D eigenvalue weighted by Crippen LogP contribution is -2.43. The summed E-state index contributed by atoms with van der Waals surface area (Å²) >= 11 is 0. The summed E-state index contributed by atoms with van der Waals surface area (Å²) in [6.45, 7) is 11.0. The average Bonchev–Trinajstić information content (AvgIpc) is 2.69. The van der Waals surface area contributed by atoms with Crippen molar-refractivity contribution in [1.29, 1.82) is 0 Å². The fraction of sp³-hybridized carbons (Fsp3) is 0.929. The Morgan fingerprint density at radius 2 is 1.94 bits per heavy atom. The number of nitrogens with zero attached hydrogens (tertiary/aromatic N) is 2. The van der Waals surface area contributed by atoms with Crippen molar-refractivity contribution in [3.05, 3.63) is 0 Å². The zero-order valence-electron chi connectivity index (χ0n) is 12.6. The van der Waals surface area contributed by atoms with Crippen LogP contribution in [0.3, 0.4) is 0 Å². The third-order valence-corrected chi connectivity index (χ3v) is 3.55. The highest BCUT2D eigenvalue weighted by Crippen LogP contribution is 2.19. The summed E-state index contributed by atoms with van der Waals surface area (Å²) in [5.74, 6) is 1.50. The summed E-state index contributed by atoms with van der Waals surface area (Å²) in [6, 6.07) is 0. The third kappa shape index (κ3) is 4.58. The predicted molar refractivity (Wildman–Crippen MR) is 75.5 cm³/mol. The van der Waals surface area contributed by atoms with Crippen LogP contribution in [0.1, 0.15) is 20.8 Å². The second-order valence-corrected chi connectivity index (χ2v) is 6.22. The lowest BCUT2D eigenvalue weighted by atomic mass is 9.96. The second kappa shape index (κ2) is 7.10. The van der Waals surface area contributed by atoms with Crippen molar-refractivity contribution in [2.24, 2.45) is 17.8 Å². The van der Waals surface area contributed by atoms with Gasteiger partial charge in [-0.2, -0.15) is 0 Å². The van der Waals surface area contributed by atoms with Gasteiger partial charge in [0.1, 0.15) is 0 Å². The minimum Gasteiger partial charge on any atom is -0.341 e. The largest absolute Gasteiger partial charge is 0.341 e. The van der Waals surface area contributed by atoms with Crippen LogP contribution < -0.4 is 5.32 Å². The van der Waals surface area contributed by atoms with Crippen molar-refractivity contribution in [3.63, 3.8) is 0 Å². The number of nitrogens with one attached hydrogen (secondary N) is 1. The summed E-state index contributed by atoms with van der Waals surface area (Å²) in [7, 11) is 4.11. The maximum absolute atomic E-state index is 12.6.